The van der Waals surface area contributed by atoms with E-state index < -0.39 is 34.1 Å². The molecule has 12 nitrogen and oxygen atoms in total. The summed E-state index contributed by atoms with van der Waals surface area (Å²) in [6.07, 6.45) is -0.109. The van der Waals surface area contributed by atoms with E-state index in [1.165, 1.54) is 32.4 Å². The van der Waals surface area contributed by atoms with E-state index in [2.05, 4.69) is 19.5 Å². The van der Waals surface area contributed by atoms with Gasteiger partial charge in [-0.05, 0) is 53.1 Å². The Labute approximate surface area is 237 Å². The summed E-state index contributed by atoms with van der Waals surface area (Å²) in [4.78, 5) is 22.8. The summed E-state index contributed by atoms with van der Waals surface area (Å²) < 4.78 is 45.5. The Hall–Kier alpha value is -4.33. The number of esters is 2. The first-order valence-corrected chi connectivity index (χ1v) is 14.2. The monoisotopic (exact) mass is 588 g/mol. The largest absolute Gasteiger partial charge is 0.506 e. The number of hydrogen-bond acceptors (Lipinski definition) is 11. The Morgan fingerprint density at radius 2 is 1.27 bits per heavy atom. The summed E-state index contributed by atoms with van der Waals surface area (Å²) >= 11 is 0. The number of methoxy groups -OCH3 is 2. The molecule has 3 rings (SSSR count). The highest BCUT2D eigenvalue weighted by molar-refractivity contribution is 7.92. The van der Waals surface area contributed by atoms with E-state index in [9.17, 15) is 28.2 Å². The third-order valence-electron chi connectivity index (χ3n) is 5.81. The normalized spacial score (nSPS) is 11.9. The van der Waals surface area contributed by atoms with Crippen molar-refractivity contribution in [3.8, 4) is 17.2 Å². The molecule has 220 valence electrons. The summed E-state index contributed by atoms with van der Waals surface area (Å²) in [6, 6.07) is 17.7. The average Bonchev–Trinajstić information content (AvgIpc) is 2.96. The van der Waals surface area contributed by atoms with Crippen molar-refractivity contribution >= 4 is 27.6 Å². The fourth-order valence-corrected chi connectivity index (χ4v) is 4.30. The van der Waals surface area contributed by atoms with Gasteiger partial charge in [-0.25, -0.2) is 18.0 Å². The summed E-state index contributed by atoms with van der Waals surface area (Å²) in [7, 11) is -1.11. The molecule has 0 aliphatic carbocycles. The van der Waals surface area contributed by atoms with E-state index in [1.807, 2.05) is 0 Å². The van der Waals surface area contributed by atoms with Crippen LogP contribution in [0.1, 0.15) is 28.8 Å². The molecular weight excluding hydrogens is 556 g/mol. The molecule has 0 fully saturated rings. The second-order valence-electron chi connectivity index (χ2n) is 8.88. The van der Waals surface area contributed by atoms with Gasteiger partial charge in [-0.15, -0.1) is 0 Å². The van der Waals surface area contributed by atoms with E-state index >= 15 is 0 Å². The van der Waals surface area contributed by atoms with E-state index in [0.29, 0.717) is 17.1 Å². The summed E-state index contributed by atoms with van der Waals surface area (Å²) in [6.45, 7) is -0.423. The lowest BCUT2D eigenvalue weighted by molar-refractivity contribution is -0.143. The molecule has 3 aromatic rings. The molecule has 0 amide bonds. The van der Waals surface area contributed by atoms with Gasteiger partial charge in [-0.2, -0.15) is 0 Å². The van der Waals surface area contributed by atoms with Crippen LogP contribution in [-0.4, -0.2) is 70.8 Å². The van der Waals surface area contributed by atoms with Crippen LogP contribution in [0.3, 0.4) is 0 Å². The summed E-state index contributed by atoms with van der Waals surface area (Å²) in [5.41, 5.74) is 1.93. The number of phenolic OH excluding ortho intramolecular Hbond substituents is 1. The Kier molecular flexibility index (Phi) is 10.9. The number of anilines is 1. The zero-order chi connectivity index (χ0) is 30.0. The number of phenols is 1. The predicted molar refractivity (Wildman–Crippen MR) is 149 cm³/mol. The Morgan fingerprint density at radius 1 is 0.805 bits per heavy atom. The molecule has 4 N–H and O–H groups in total. The number of rotatable bonds is 14. The van der Waals surface area contributed by atoms with Gasteiger partial charge in [0.1, 0.15) is 17.2 Å². The molecule has 0 heterocycles. The highest BCUT2D eigenvalue weighted by Gasteiger charge is 2.19. The number of benzene rings is 3. The van der Waals surface area contributed by atoms with Crippen LogP contribution in [0.2, 0.25) is 0 Å². The van der Waals surface area contributed by atoms with Gasteiger partial charge in [0.15, 0.2) is 13.2 Å². The van der Waals surface area contributed by atoms with Crippen LogP contribution >= 0.6 is 0 Å². The van der Waals surface area contributed by atoms with Crippen molar-refractivity contribution in [3.05, 3.63) is 83.4 Å². The molecule has 0 bridgehead atoms. The number of aliphatic hydroxyl groups is 1. The van der Waals surface area contributed by atoms with Crippen LogP contribution in [0.15, 0.2) is 66.7 Å². The molecular formula is C28H32N2O10S. The van der Waals surface area contributed by atoms with Crippen LogP contribution in [0.25, 0.3) is 0 Å². The molecule has 0 saturated carbocycles. The number of carbonyl (C=O) groups excluding carboxylic acids is 2. The van der Waals surface area contributed by atoms with Gasteiger partial charge >= 0.3 is 11.9 Å². The quantitative estimate of drug-likeness (QED) is 0.161. The first-order valence-electron chi connectivity index (χ1n) is 12.3. The molecule has 3 aromatic carbocycles. The van der Waals surface area contributed by atoms with Gasteiger partial charge in [0, 0.05) is 6.54 Å². The standard InChI is InChI=1S/C28H32N2O10S/c1-37-26(33)16-39-21-9-4-18(5-10-21)28(19-6-11-22(12-7-19)40-17-27(34)38-2)29-15-25(32)20-8-13-24(31)23(14-20)30-41(3,35)36/h4-14,25,28-32H,15-17H2,1-3H3. The Balaban J connectivity index is 1.81. The smallest absolute Gasteiger partial charge is 0.343 e. The molecule has 0 aromatic heterocycles. The van der Waals surface area contributed by atoms with Gasteiger partial charge in [0.2, 0.25) is 10.0 Å². The fourth-order valence-electron chi connectivity index (χ4n) is 3.73. The van der Waals surface area contributed by atoms with Crippen molar-refractivity contribution < 1.29 is 47.2 Å². The molecule has 0 aliphatic rings. The van der Waals surface area contributed by atoms with E-state index in [4.69, 9.17) is 9.47 Å². The van der Waals surface area contributed by atoms with Crippen LogP contribution in [0.5, 0.6) is 17.2 Å². The van der Waals surface area contributed by atoms with E-state index in [-0.39, 0.29) is 31.2 Å². The number of hydrogen-bond donors (Lipinski definition) is 4. The minimum atomic E-state index is -3.65. The first kappa shape index (κ1) is 31.2. The van der Waals surface area contributed by atoms with Crippen LogP contribution in [0.4, 0.5) is 5.69 Å². The van der Waals surface area contributed by atoms with Gasteiger partial charge in [0.25, 0.3) is 0 Å². The van der Waals surface area contributed by atoms with Crippen molar-refractivity contribution in [2.75, 3.05) is 45.0 Å². The Bertz CT molecular complexity index is 1360. The average molecular weight is 589 g/mol. The highest BCUT2D eigenvalue weighted by Crippen LogP contribution is 2.30. The highest BCUT2D eigenvalue weighted by atomic mass is 32.2. The minimum Gasteiger partial charge on any atom is -0.506 e. The summed E-state index contributed by atoms with van der Waals surface area (Å²) in [5.74, 6) is -0.386. The van der Waals surface area contributed by atoms with Gasteiger partial charge in [-0.1, -0.05) is 30.3 Å². The van der Waals surface area contributed by atoms with Crippen molar-refractivity contribution in [2.24, 2.45) is 0 Å². The lowest BCUT2D eigenvalue weighted by Crippen LogP contribution is -2.27. The third kappa shape index (κ3) is 9.67. The maximum absolute atomic E-state index is 11.6. The molecule has 13 heteroatoms. The molecule has 1 atom stereocenters. The number of aliphatic hydroxyl groups excluding tert-OH is 1. The van der Waals surface area contributed by atoms with Crippen LogP contribution in [-0.2, 0) is 29.1 Å². The fraction of sp³-hybridized carbons (Fsp3) is 0.286. The molecule has 0 aliphatic heterocycles. The van der Waals surface area contributed by atoms with E-state index in [1.54, 1.807) is 48.5 Å². The first-order chi connectivity index (χ1) is 19.5. The topological polar surface area (TPSA) is 170 Å². The van der Waals surface area contributed by atoms with Crippen LogP contribution < -0.4 is 19.5 Å². The number of sulfonamides is 1. The molecule has 41 heavy (non-hydrogen) atoms. The second-order valence-corrected chi connectivity index (χ2v) is 10.6. The lowest BCUT2D eigenvalue weighted by atomic mass is 9.97. The van der Waals surface area contributed by atoms with Gasteiger partial charge < -0.3 is 34.5 Å². The predicted octanol–water partition coefficient (Wildman–Crippen LogP) is 2.28. The lowest BCUT2D eigenvalue weighted by Gasteiger charge is -2.23. The zero-order valence-electron chi connectivity index (χ0n) is 22.7. The van der Waals surface area contributed by atoms with Gasteiger partial charge in [-0.3, -0.25) is 4.72 Å². The Morgan fingerprint density at radius 3 is 1.71 bits per heavy atom. The SMILES string of the molecule is COC(=O)COc1ccc(C(NCC(O)c2ccc(O)c(NS(C)(=O)=O)c2)c2ccc(OCC(=O)OC)cc2)cc1. The number of aromatic hydroxyl groups is 1. The zero-order valence-corrected chi connectivity index (χ0v) is 23.5. The minimum absolute atomic E-state index is 0.0503. The number of carbonyl (C=O) groups is 2. The maximum atomic E-state index is 11.6. The van der Waals surface area contributed by atoms with Gasteiger partial charge in [0.05, 0.1) is 38.3 Å². The van der Waals surface area contributed by atoms with Crippen molar-refractivity contribution in [1.29, 1.82) is 0 Å². The van der Waals surface area contributed by atoms with Crippen molar-refractivity contribution in [3.63, 3.8) is 0 Å². The molecule has 0 radical (unpaired) electrons. The van der Waals surface area contributed by atoms with Crippen molar-refractivity contribution in [2.45, 2.75) is 12.1 Å². The van der Waals surface area contributed by atoms with Crippen LogP contribution in [0, 0.1) is 0 Å². The van der Waals surface area contributed by atoms with E-state index in [0.717, 1.165) is 17.4 Å². The maximum Gasteiger partial charge on any atom is 0.343 e. The van der Waals surface area contributed by atoms with Crippen molar-refractivity contribution in [1.82, 2.24) is 5.32 Å². The second kappa shape index (κ2) is 14.3. The third-order valence-corrected chi connectivity index (χ3v) is 6.40. The number of nitrogens with one attached hydrogen (secondary N) is 2. The summed E-state index contributed by atoms with van der Waals surface area (Å²) in [5, 5.41) is 24.2. The molecule has 0 spiro atoms. The molecule has 1 unspecified atom stereocenters. The molecule has 0 saturated heterocycles. The number of ether oxygens (including phenoxy) is 4.